The van der Waals surface area contributed by atoms with Gasteiger partial charge in [-0.05, 0) is 38.0 Å². The zero-order valence-corrected chi connectivity index (χ0v) is 21.7. The lowest BCUT2D eigenvalue weighted by molar-refractivity contribution is -0.140. The summed E-state index contributed by atoms with van der Waals surface area (Å²) in [5, 5.41) is 0. The minimum Gasteiger partial charge on any atom is -0.330 e. The van der Waals surface area contributed by atoms with Crippen molar-refractivity contribution in [3.8, 4) is 0 Å². The van der Waals surface area contributed by atoms with Crippen LogP contribution in [-0.2, 0) is 14.4 Å². The van der Waals surface area contributed by atoms with Crippen molar-refractivity contribution >= 4 is 39.1 Å². The van der Waals surface area contributed by atoms with Crippen LogP contribution in [0.15, 0.2) is 0 Å². The fourth-order valence-corrected chi connectivity index (χ4v) is 7.18. The molecule has 0 aromatic carbocycles. The summed E-state index contributed by atoms with van der Waals surface area (Å²) in [6, 6.07) is 0. The van der Waals surface area contributed by atoms with Crippen LogP contribution in [0.25, 0.3) is 0 Å². The first-order valence-corrected chi connectivity index (χ1v) is 15.3. The highest BCUT2D eigenvalue weighted by molar-refractivity contribution is 8.76. The second kappa shape index (κ2) is 16.2. The van der Waals surface area contributed by atoms with E-state index in [2.05, 4.69) is 6.92 Å². The second-order valence-electron chi connectivity index (χ2n) is 9.54. The van der Waals surface area contributed by atoms with Crippen molar-refractivity contribution in [3.05, 3.63) is 0 Å². The van der Waals surface area contributed by atoms with E-state index in [9.17, 15) is 14.4 Å². The molecular formula is C25H44N2O3S2. The Kier molecular flexibility index (Phi) is 14.0. The minimum atomic E-state index is -0.153. The average Bonchev–Trinajstić information content (AvgIpc) is 3.04. The minimum absolute atomic E-state index is 0.00804. The first kappa shape index (κ1) is 27.7. The molecule has 0 bridgehead atoms. The predicted molar refractivity (Wildman–Crippen MR) is 137 cm³/mol. The first-order valence-electron chi connectivity index (χ1n) is 12.8. The fraction of sp³-hybridized carbons (Fsp3) is 0.880. The molecule has 2 aliphatic carbocycles. The van der Waals surface area contributed by atoms with Crippen LogP contribution in [0.2, 0.25) is 0 Å². The maximum atomic E-state index is 13.3. The summed E-state index contributed by atoms with van der Waals surface area (Å²) in [6.07, 6.45) is 13.1. The Balaban J connectivity index is 1.99. The van der Waals surface area contributed by atoms with Crippen molar-refractivity contribution in [2.75, 3.05) is 31.1 Å². The Bertz CT molecular complexity index is 580. The molecule has 0 radical (unpaired) electrons. The number of carbonyl (C=O) groups is 3. The van der Waals surface area contributed by atoms with Gasteiger partial charge in [-0.1, -0.05) is 73.5 Å². The summed E-state index contributed by atoms with van der Waals surface area (Å²) < 4.78 is 0. The molecule has 0 aromatic rings. The molecule has 0 spiro atoms. The molecule has 2 saturated carbocycles. The largest absolute Gasteiger partial charge is 0.330 e. The highest BCUT2D eigenvalue weighted by Crippen LogP contribution is 2.33. The molecule has 0 heterocycles. The molecule has 2 rings (SSSR count). The molecule has 1 amide bonds. The molecule has 2 unspecified atom stereocenters. The van der Waals surface area contributed by atoms with Gasteiger partial charge in [-0.15, -0.1) is 0 Å². The highest BCUT2D eigenvalue weighted by atomic mass is 33.1. The van der Waals surface area contributed by atoms with E-state index in [1.807, 2.05) is 21.6 Å². The lowest BCUT2D eigenvalue weighted by Crippen LogP contribution is -2.43. The van der Waals surface area contributed by atoms with Crippen molar-refractivity contribution in [3.63, 3.8) is 0 Å². The fourth-order valence-electron chi connectivity index (χ4n) is 5.06. The molecule has 0 aliphatic heterocycles. The topological polar surface area (TPSA) is 80.5 Å². The van der Waals surface area contributed by atoms with Crippen LogP contribution < -0.4 is 5.73 Å². The summed E-state index contributed by atoms with van der Waals surface area (Å²) in [5.74, 6) is 2.94. The maximum Gasteiger partial charge on any atom is 0.224 e. The van der Waals surface area contributed by atoms with Gasteiger partial charge in [0, 0.05) is 36.3 Å². The smallest absolute Gasteiger partial charge is 0.224 e. The van der Waals surface area contributed by atoms with E-state index < -0.39 is 0 Å². The van der Waals surface area contributed by atoms with Gasteiger partial charge >= 0.3 is 0 Å². The summed E-state index contributed by atoms with van der Waals surface area (Å²) in [6.45, 7) is 2.57. The Hall–Kier alpha value is -0.530. The van der Waals surface area contributed by atoms with E-state index in [-0.39, 0.29) is 55.4 Å². The normalized spacial score (nSPS) is 23.1. The Labute approximate surface area is 203 Å². The number of carbonyl (C=O) groups excluding carboxylic acids is 3. The summed E-state index contributed by atoms with van der Waals surface area (Å²) in [7, 11) is 3.82. The number of ketones is 2. The number of rotatable bonds is 12. The van der Waals surface area contributed by atoms with Crippen molar-refractivity contribution in [2.24, 2.45) is 23.5 Å². The van der Waals surface area contributed by atoms with E-state index >= 15 is 0 Å². The molecule has 5 nitrogen and oxygen atoms in total. The van der Waals surface area contributed by atoms with Gasteiger partial charge < -0.3 is 10.6 Å². The molecule has 184 valence electrons. The summed E-state index contributed by atoms with van der Waals surface area (Å²) >= 11 is 0. The van der Waals surface area contributed by atoms with Gasteiger partial charge in [0.2, 0.25) is 5.91 Å². The van der Waals surface area contributed by atoms with Crippen LogP contribution in [0.1, 0.15) is 90.4 Å². The van der Waals surface area contributed by atoms with Crippen LogP contribution in [0.4, 0.5) is 0 Å². The monoisotopic (exact) mass is 484 g/mol. The zero-order chi connectivity index (χ0) is 23.2. The van der Waals surface area contributed by atoms with Gasteiger partial charge in [-0.2, -0.15) is 0 Å². The molecule has 7 heteroatoms. The number of amides is 1. The van der Waals surface area contributed by atoms with E-state index in [1.54, 1.807) is 0 Å². The Morgan fingerprint density at radius 1 is 0.812 bits per heavy atom. The van der Waals surface area contributed by atoms with Gasteiger partial charge in [0.1, 0.15) is 0 Å². The van der Waals surface area contributed by atoms with Crippen molar-refractivity contribution in [2.45, 2.75) is 90.4 Å². The average molecular weight is 485 g/mol. The quantitative estimate of drug-likeness (QED) is 0.231. The molecule has 2 aliphatic rings. The lowest BCUT2D eigenvalue weighted by Gasteiger charge is -2.28. The molecular weight excluding hydrogens is 440 g/mol. The van der Waals surface area contributed by atoms with Crippen molar-refractivity contribution in [1.29, 1.82) is 0 Å². The third-order valence-electron chi connectivity index (χ3n) is 6.96. The number of nitrogens with two attached hydrogens (primary N) is 1. The maximum absolute atomic E-state index is 13.3. The number of hydrogen-bond donors (Lipinski definition) is 1. The standard InChI is InChI=1S/C25H44N2O3S2/c1-2-31-32-19-20-10-6-5-9-13-22(16-20)24(29)18-27(25(30)14-15-26)17-23(28)21-11-7-3-4-8-12-21/h20-22H,2-19,26H2,1H3. The predicted octanol–water partition coefficient (Wildman–Crippen LogP) is 5.26. The molecule has 2 atom stereocenters. The zero-order valence-electron chi connectivity index (χ0n) is 20.0. The number of Topliss-reactive ketones (excluding diaryl/α,β-unsaturated/α-hetero) is 2. The van der Waals surface area contributed by atoms with Gasteiger partial charge in [0.05, 0.1) is 13.1 Å². The molecule has 2 N–H and O–H groups in total. The summed E-state index contributed by atoms with van der Waals surface area (Å²) in [4.78, 5) is 40.6. The number of hydrogen-bond acceptors (Lipinski definition) is 6. The highest BCUT2D eigenvalue weighted by Gasteiger charge is 2.29. The van der Waals surface area contributed by atoms with Crippen LogP contribution in [-0.4, -0.2) is 53.5 Å². The van der Waals surface area contributed by atoms with Gasteiger partial charge in [0.25, 0.3) is 0 Å². The molecule has 0 saturated heterocycles. The number of nitrogens with zero attached hydrogens (tertiary/aromatic N) is 1. The van der Waals surface area contributed by atoms with E-state index in [4.69, 9.17) is 5.73 Å². The summed E-state index contributed by atoms with van der Waals surface area (Å²) in [5.41, 5.74) is 5.63. The van der Waals surface area contributed by atoms with Crippen LogP contribution in [0.3, 0.4) is 0 Å². The molecule has 32 heavy (non-hydrogen) atoms. The van der Waals surface area contributed by atoms with Gasteiger partial charge in [-0.25, -0.2) is 0 Å². The van der Waals surface area contributed by atoms with Gasteiger partial charge in [0.15, 0.2) is 11.6 Å². The second-order valence-corrected chi connectivity index (χ2v) is 12.3. The van der Waals surface area contributed by atoms with E-state index in [1.165, 1.54) is 37.0 Å². The SMILES string of the molecule is CCSSCC1CCCCCC(C(=O)CN(CC(=O)C2CCCCCC2)C(=O)CCN)C1. The third-order valence-corrected chi connectivity index (χ3v) is 9.58. The van der Waals surface area contributed by atoms with E-state index in [0.717, 1.165) is 56.5 Å². The van der Waals surface area contributed by atoms with E-state index in [0.29, 0.717) is 5.92 Å². The van der Waals surface area contributed by atoms with Crippen molar-refractivity contribution < 1.29 is 14.4 Å². The van der Waals surface area contributed by atoms with Crippen molar-refractivity contribution in [1.82, 2.24) is 4.90 Å². The molecule has 0 aromatic heterocycles. The van der Waals surface area contributed by atoms with Gasteiger partial charge in [-0.3, -0.25) is 14.4 Å². The third kappa shape index (κ3) is 10.2. The Morgan fingerprint density at radius 2 is 1.38 bits per heavy atom. The van der Waals surface area contributed by atoms with Crippen LogP contribution >= 0.6 is 21.6 Å². The van der Waals surface area contributed by atoms with Crippen LogP contribution in [0, 0.1) is 17.8 Å². The molecule has 2 fully saturated rings. The Morgan fingerprint density at radius 3 is 2.00 bits per heavy atom. The lowest BCUT2D eigenvalue weighted by atomic mass is 9.82. The van der Waals surface area contributed by atoms with Crippen LogP contribution in [0.5, 0.6) is 0 Å². The first-order chi connectivity index (χ1) is 15.5.